The van der Waals surface area contributed by atoms with Crippen LogP contribution < -0.4 is 5.32 Å². The van der Waals surface area contributed by atoms with Crippen LogP contribution in [0, 0.1) is 13.8 Å². The minimum Gasteiger partial charge on any atom is -0.343 e. The van der Waals surface area contributed by atoms with Crippen LogP contribution in [0.1, 0.15) is 41.2 Å². The lowest BCUT2D eigenvalue weighted by molar-refractivity contribution is 0.0913. The van der Waals surface area contributed by atoms with Gasteiger partial charge in [0.2, 0.25) is 0 Å². The number of aromatic nitrogens is 2. The Balaban J connectivity index is 1.95. The fourth-order valence-corrected chi connectivity index (χ4v) is 2.85. The molecule has 0 saturated carbocycles. The van der Waals surface area contributed by atoms with E-state index in [4.69, 9.17) is 0 Å². The smallest absolute Gasteiger partial charge is 0.255 e. The molecule has 0 bridgehead atoms. The third-order valence-electron chi connectivity index (χ3n) is 4.11. The first kappa shape index (κ1) is 15.3. The van der Waals surface area contributed by atoms with Crippen molar-refractivity contribution in [2.45, 2.75) is 33.2 Å². The molecule has 0 aliphatic rings. The van der Waals surface area contributed by atoms with Crippen molar-refractivity contribution < 1.29 is 4.79 Å². The van der Waals surface area contributed by atoms with Gasteiger partial charge in [-0.15, -0.1) is 0 Å². The number of aryl methyl sites for hydroxylation is 2. The second-order valence-corrected chi connectivity index (χ2v) is 6.41. The van der Waals surface area contributed by atoms with Gasteiger partial charge in [0.1, 0.15) is 5.65 Å². The van der Waals surface area contributed by atoms with Crippen LogP contribution in [0.25, 0.3) is 5.65 Å². The molecular formula is C19H21N3O. The van der Waals surface area contributed by atoms with E-state index in [0.29, 0.717) is 11.2 Å². The number of rotatable bonds is 3. The van der Waals surface area contributed by atoms with Crippen molar-refractivity contribution in [3.8, 4) is 0 Å². The van der Waals surface area contributed by atoms with Gasteiger partial charge in [0, 0.05) is 17.6 Å². The molecule has 0 saturated heterocycles. The van der Waals surface area contributed by atoms with Crippen LogP contribution >= 0.6 is 0 Å². The quantitative estimate of drug-likeness (QED) is 0.803. The molecule has 0 spiro atoms. The molecule has 0 unspecified atom stereocenters. The van der Waals surface area contributed by atoms with E-state index in [1.807, 2.05) is 80.8 Å². The molecule has 4 heteroatoms. The molecule has 1 amide bonds. The number of carbonyl (C=O) groups excluding carboxylic acids is 1. The van der Waals surface area contributed by atoms with Crippen LogP contribution in [0.5, 0.6) is 0 Å². The third kappa shape index (κ3) is 2.84. The van der Waals surface area contributed by atoms with Gasteiger partial charge < -0.3 is 9.72 Å². The second-order valence-electron chi connectivity index (χ2n) is 6.41. The molecule has 23 heavy (non-hydrogen) atoms. The summed E-state index contributed by atoms with van der Waals surface area (Å²) in [4.78, 5) is 17.3. The molecule has 3 rings (SSSR count). The number of nitrogens with one attached hydrogen (secondary N) is 1. The molecule has 1 aromatic carbocycles. The van der Waals surface area contributed by atoms with Crippen LogP contribution in [0.3, 0.4) is 0 Å². The fraction of sp³-hybridized carbons (Fsp3) is 0.263. The lowest BCUT2D eigenvalue weighted by Crippen LogP contribution is -2.41. The molecule has 0 aliphatic carbocycles. The van der Waals surface area contributed by atoms with E-state index in [9.17, 15) is 4.79 Å². The molecule has 0 aliphatic heterocycles. The number of benzene rings is 1. The first-order valence-electron chi connectivity index (χ1n) is 7.72. The lowest BCUT2D eigenvalue weighted by atomic mass is 9.94. The summed E-state index contributed by atoms with van der Waals surface area (Å²) in [6.45, 7) is 7.96. The highest BCUT2D eigenvalue weighted by atomic mass is 16.1. The van der Waals surface area contributed by atoms with Crippen LogP contribution in [0.15, 0.2) is 48.7 Å². The summed E-state index contributed by atoms with van der Waals surface area (Å²) in [5.74, 6) is -0.112. The average Bonchev–Trinajstić information content (AvgIpc) is 2.92. The first-order chi connectivity index (χ1) is 10.9. The number of fused-ring (bicyclic) bond motifs is 1. The van der Waals surface area contributed by atoms with Gasteiger partial charge >= 0.3 is 0 Å². The molecule has 0 atom stereocenters. The molecule has 1 N–H and O–H groups in total. The van der Waals surface area contributed by atoms with Crippen molar-refractivity contribution in [1.82, 2.24) is 14.7 Å². The Morgan fingerprint density at radius 3 is 2.52 bits per heavy atom. The highest BCUT2D eigenvalue weighted by molar-refractivity contribution is 6.00. The molecule has 4 nitrogen and oxygen atoms in total. The monoisotopic (exact) mass is 307 g/mol. The SMILES string of the molecule is Cc1cc(C)n2ccc(C(=O)NC(C)(C)c3ccccc3)c2n1. The summed E-state index contributed by atoms with van der Waals surface area (Å²) >= 11 is 0. The van der Waals surface area contributed by atoms with Crippen molar-refractivity contribution >= 4 is 11.6 Å². The number of carbonyl (C=O) groups is 1. The lowest BCUT2D eigenvalue weighted by Gasteiger charge is -2.26. The van der Waals surface area contributed by atoms with Gasteiger partial charge in [0.25, 0.3) is 5.91 Å². The molecular weight excluding hydrogens is 286 g/mol. The van der Waals surface area contributed by atoms with E-state index in [2.05, 4.69) is 10.3 Å². The van der Waals surface area contributed by atoms with Crippen LogP contribution in [-0.2, 0) is 5.54 Å². The number of amides is 1. The van der Waals surface area contributed by atoms with E-state index >= 15 is 0 Å². The van der Waals surface area contributed by atoms with Gasteiger partial charge in [-0.05, 0) is 45.4 Å². The van der Waals surface area contributed by atoms with Crippen molar-refractivity contribution in [1.29, 1.82) is 0 Å². The summed E-state index contributed by atoms with van der Waals surface area (Å²) < 4.78 is 1.94. The topological polar surface area (TPSA) is 46.4 Å². The Morgan fingerprint density at radius 1 is 1.13 bits per heavy atom. The standard InChI is InChI=1S/C19H21N3O/c1-13-12-14(2)22-11-10-16(17(22)20-13)18(23)21-19(3,4)15-8-6-5-7-9-15/h5-12H,1-4H3,(H,21,23). The molecule has 2 aromatic heterocycles. The van der Waals surface area contributed by atoms with Gasteiger partial charge in [-0.1, -0.05) is 30.3 Å². The van der Waals surface area contributed by atoms with Gasteiger partial charge in [-0.25, -0.2) is 4.98 Å². The Kier molecular flexibility index (Phi) is 3.68. The third-order valence-corrected chi connectivity index (χ3v) is 4.11. The summed E-state index contributed by atoms with van der Waals surface area (Å²) in [7, 11) is 0. The van der Waals surface area contributed by atoms with Gasteiger partial charge in [-0.3, -0.25) is 4.79 Å². The fourth-order valence-electron chi connectivity index (χ4n) is 2.85. The summed E-state index contributed by atoms with van der Waals surface area (Å²) in [5, 5.41) is 3.11. The number of nitrogens with zero attached hydrogens (tertiary/aromatic N) is 2. The maximum Gasteiger partial charge on any atom is 0.255 e. The zero-order valence-corrected chi connectivity index (χ0v) is 13.9. The average molecular weight is 307 g/mol. The van der Waals surface area contributed by atoms with Crippen LogP contribution in [0.4, 0.5) is 0 Å². The van der Waals surface area contributed by atoms with Crippen LogP contribution in [0.2, 0.25) is 0 Å². The van der Waals surface area contributed by atoms with E-state index in [1.54, 1.807) is 0 Å². The summed E-state index contributed by atoms with van der Waals surface area (Å²) in [6, 6.07) is 13.8. The molecule has 0 fully saturated rings. The van der Waals surface area contributed by atoms with Crippen molar-refractivity contribution in [3.63, 3.8) is 0 Å². The Hall–Kier alpha value is -2.62. The molecule has 2 heterocycles. The minimum absolute atomic E-state index is 0.112. The highest BCUT2D eigenvalue weighted by Crippen LogP contribution is 2.21. The van der Waals surface area contributed by atoms with E-state index in [0.717, 1.165) is 17.0 Å². The van der Waals surface area contributed by atoms with E-state index in [-0.39, 0.29) is 5.91 Å². The Bertz CT molecular complexity index is 863. The first-order valence-corrected chi connectivity index (χ1v) is 7.72. The zero-order chi connectivity index (χ0) is 16.6. The zero-order valence-electron chi connectivity index (χ0n) is 13.9. The predicted octanol–water partition coefficient (Wildman–Crippen LogP) is 3.62. The number of hydrogen-bond donors (Lipinski definition) is 1. The Morgan fingerprint density at radius 2 is 1.83 bits per heavy atom. The van der Waals surface area contributed by atoms with Crippen molar-refractivity contribution in [3.05, 3.63) is 71.2 Å². The van der Waals surface area contributed by atoms with Gasteiger partial charge in [0.15, 0.2) is 0 Å². The molecule has 0 radical (unpaired) electrons. The van der Waals surface area contributed by atoms with Crippen molar-refractivity contribution in [2.75, 3.05) is 0 Å². The maximum absolute atomic E-state index is 12.8. The minimum atomic E-state index is -0.453. The predicted molar refractivity (Wildman–Crippen MR) is 91.6 cm³/mol. The van der Waals surface area contributed by atoms with E-state index in [1.165, 1.54) is 0 Å². The maximum atomic E-state index is 12.8. The van der Waals surface area contributed by atoms with Crippen molar-refractivity contribution in [2.24, 2.45) is 0 Å². The van der Waals surface area contributed by atoms with Gasteiger partial charge in [-0.2, -0.15) is 0 Å². The summed E-state index contributed by atoms with van der Waals surface area (Å²) in [6.07, 6.45) is 1.89. The molecule has 118 valence electrons. The van der Waals surface area contributed by atoms with Crippen LogP contribution in [-0.4, -0.2) is 15.3 Å². The molecule has 3 aromatic rings. The largest absolute Gasteiger partial charge is 0.343 e. The second kappa shape index (κ2) is 5.54. The normalized spacial score (nSPS) is 11.7. The number of hydrogen-bond acceptors (Lipinski definition) is 2. The highest BCUT2D eigenvalue weighted by Gasteiger charge is 2.25. The van der Waals surface area contributed by atoms with E-state index < -0.39 is 5.54 Å². The summed E-state index contributed by atoms with van der Waals surface area (Å²) in [5.41, 5.74) is 3.88. The van der Waals surface area contributed by atoms with Gasteiger partial charge in [0.05, 0.1) is 11.1 Å². The Labute approximate surface area is 136 Å².